The average Bonchev–Trinajstić information content (AvgIpc) is 2.48. The zero-order chi connectivity index (χ0) is 15.4. The second kappa shape index (κ2) is 6.62. The van der Waals surface area contributed by atoms with Gasteiger partial charge >= 0.3 is 0 Å². The smallest absolute Gasteiger partial charge is 0.255 e. The van der Waals surface area contributed by atoms with Crippen LogP contribution < -0.4 is 21.3 Å². The summed E-state index contributed by atoms with van der Waals surface area (Å²) >= 11 is 11.7. The number of ether oxygens (including phenoxy) is 1. The normalized spacial score (nSPS) is 10.1. The number of rotatable bonds is 4. The molecule has 0 aliphatic rings. The van der Waals surface area contributed by atoms with Crippen LogP contribution in [-0.4, -0.2) is 18.0 Å². The number of nitrogens with one attached hydrogen (secondary N) is 2. The van der Waals surface area contributed by atoms with E-state index in [1.54, 1.807) is 18.2 Å². The lowest BCUT2D eigenvalue weighted by Gasteiger charge is -2.09. The molecule has 110 valence electrons. The van der Waals surface area contributed by atoms with Crippen LogP contribution in [0.2, 0.25) is 10.2 Å². The van der Waals surface area contributed by atoms with Crippen LogP contribution in [-0.2, 0) is 0 Å². The summed E-state index contributed by atoms with van der Waals surface area (Å²) < 4.78 is 5.09. The molecule has 0 fully saturated rings. The van der Waals surface area contributed by atoms with Gasteiger partial charge in [0.1, 0.15) is 16.7 Å². The summed E-state index contributed by atoms with van der Waals surface area (Å²) in [6, 6.07) is 7.82. The van der Waals surface area contributed by atoms with Gasteiger partial charge in [0, 0.05) is 17.3 Å². The van der Waals surface area contributed by atoms with Gasteiger partial charge in [0.2, 0.25) is 0 Å². The standard InChI is InChI=1S/C13H12Cl2N4O2/c1-21-10-6-8(2-3-9(10)14)17-13(20)7-4-11(15)18-12(5-7)19-16/h2-6H,16H2,1H3,(H,17,20)(H,18,19). The molecule has 4 N–H and O–H groups in total. The van der Waals surface area contributed by atoms with E-state index in [4.69, 9.17) is 33.8 Å². The third-order valence-corrected chi connectivity index (χ3v) is 3.12. The molecule has 0 unspecified atom stereocenters. The Balaban J connectivity index is 2.23. The Hall–Kier alpha value is -2.02. The molecule has 1 amide bonds. The molecule has 1 heterocycles. The lowest BCUT2D eigenvalue weighted by molar-refractivity contribution is 0.102. The number of hydrogen-bond acceptors (Lipinski definition) is 5. The highest BCUT2D eigenvalue weighted by molar-refractivity contribution is 6.32. The number of hydrogen-bond donors (Lipinski definition) is 3. The van der Waals surface area contributed by atoms with Gasteiger partial charge in [0.25, 0.3) is 5.91 Å². The van der Waals surface area contributed by atoms with E-state index in [1.807, 2.05) is 0 Å². The number of halogens is 2. The van der Waals surface area contributed by atoms with Gasteiger partial charge in [0.15, 0.2) is 0 Å². The average molecular weight is 327 g/mol. The zero-order valence-electron chi connectivity index (χ0n) is 11.0. The van der Waals surface area contributed by atoms with Crippen LogP contribution in [0.15, 0.2) is 30.3 Å². The first kappa shape index (κ1) is 15.4. The van der Waals surface area contributed by atoms with Gasteiger partial charge in [-0.2, -0.15) is 0 Å². The summed E-state index contributed by atoms with van der Waals surface area (Å²) in [6.07, 6.45) is 0. The summed E-state index contributed by atoms with van der Waals surface area (Å²) in [5.41, 5.74) is 3.19. The molecule has 0 saturated heterocycles. The second-order valence-corrected chi connectivity index (χ2v) is 4.81. The van der Waals surface area contributed by atoms with Crippen LogP contribution in [0.25, 0.3) is 0 Å². The first-order valence-electron chi connectivity index (χ1n) is 5.82. The number of nitrogens with two attached hydrogens (primary N) is 1. The number of hydrazine groups is 1. The molecular formula is C13H12Cl2N4O2. The van der Waals surface area contributed by atoms with Crippen LogP contribution >= 0.6 is 23.2 Å². The van der Waals surface area contributed by atoms with E-state index < -0.39 is 0 Å². The van der Waals surface area contributed by atoms with Crippen molar-refractivity contribution in [2.45, 2.75) is 0 Å². The van der Waals surface area contributed by atoms with Gasteiger partial charge in [0.05, 0.1) is 12.1 Å². The van der Waals surface area contributed by atoms with E-state index in [-0.39, 0.29) is 11.1 Å². The number of pyridine rings is 1. The number of carbonyl (C=O) groups is 1. The maximum absolute atomic E-state index is 12.2. The topological polar surface area (TPSA) is 89.3 Å². The molecule has 2 rings (SSSR count). The lowest BCUT2D eigenvalue weighted by Crippen LogP contribution is -2.14. The molecule has 1 aromatic heterocycles. The van der Waals surface area contributed by atoms with Crippen molar-refractivity contribution in [3.63, 3.8) is 0 Å². The Morgan fingerprint density at radius 1 is 1.29 bits per heavy atom. The monoisotopic (exact) mass is 326 g/mol. The fourth-order valence-corrected chi connectivity index (χ4v) is 2.05. The Labute approximate surface area is 131 Å². The van der Waals surface area contributed by atoms with Crippen molar-refractivity contribution in [2.75, 3.05) is 17.9 Å². The third-order valence-electron chi connectivity index (χ3n) is 2.61. The quantitative estimate of drug-likeness (QED) is 0.456. The first-order chi connectivity index (χ1) is 10.0. The number of benzene rings is 1. The van der Waals surface area contributed by atoms with Crippen molar-refractivity contribution >= 4 is 40.6 Å². The molecule has 6 nitrogen and oxygen atoms in total. The molecule has 0 spiro atoms. The Morgan fingerprint density at radius 3 is 2.71 bits per heavy atom. The summed E-state index contributed by atoms with van der Waals surface area (Å²) in [5, 5.41) is 3.32. The Bertz CT molecular complexity index is 679. The fourth-order valence-electron chi connectivity index (χ4n) is 1.64. The molecule has 0 aliphatic carbocycles. The number of anilines is 2. The summed E-state index contributed by atoms with van der Waals surface area (Å²) in [7, 11) is 1.49. The van der Waals surface area contributed by atoms with Crippen molar-refractivity contribution < 1.29 is 9.53 Å². The molecule has 21 heavy (non-hydrogen) atoms. The number of aromatic nitrogens is 1. The van der Waals surface area contributed by atoms with Crippen molar-refractivity contribution in [1.29, 1.82) is 0 Å². The van der Waals surface area contributed by atoms with Crippen molar-refractivity contribution in [2.24, 2.45) is 5.84 Å². The van der Waals surface area contributed by atoms with Crippen molar-refractivity contribution in [3.05, 3.63) is 46.1 Å². The number of nitrogen functional groups attached to an aromatic ring is 1. The van der Waals surface area contributed by atoms with E-state index in [9.17, 15) is 4.79 Å². The van der Waals surface area contributed by atoms with E-state index in [1.165, 1.54) is 19.2 Å². The van der Waals surface area contributed by atoms with E-state index >= 15 is 0 Å². The van der Waals surface area contributed by atoms with Gasteiger partial charge in [-0.1, -0.05) is 23.2 Å². The number of carbonyl (C=O) groups excluding carboxylic acids is 1. The van der Waals surface area contributed by atoms with E-state index in [2.05, 4.69) is 15.7 Å². The molecule has 0 radical (unpaired) electrons. The van der Waals surface area contributed by atoms with E-state index in [0.29, 0.717) is 27.8 Å². The van der Waals surface area contributed by atoms with Gasteiger partial charge in [-0.15, -0.1) is 0 Å². The molecule has 0 bridgehead atoms. The summed E-state index contributed by atoms with van der Waals surface area (Å²) in [6.45, 7) is 0. The Kier molecular flexibility index (Phi) is 4.85. The fraction of sp³-hybridized carbons (Fsp3) is 0.0769. The highest BCUT2D eigenvalue weighted by atomic mass is 35.5. The minimum Gasteiger partial charge on any atom is -0.495 e. The predicted octanol–water partition coefficient (Wildman–Crippen LogP) is 2.93. The predicted molar refractivity (Wildman–Crippen MR) is 83.0 cm³/mol. The minimum atomic E-state index is -0.361. The van der Waals surface area contributed by atoms with Gasteiger partial charge < -0.3 is 15.5 Å². The highest BCUT2D eigenvalue weighted by Crippen LogP contribution is 2.27. The maximum Gasteiger partial charge on any atom is 0.255 e. The molecule has 0 aliphatic heterocycles. The van der Waals surface area contributed by atoms with Gasteiger partial charge in [-0.3, -0.25) is 4.79 Å². The molecule has 1 aromatic carbocycles. The molecule has 2 aromatic rings. The van der Waals surface area contributed by atoms with Crippen LogP contribution in [0.3, 0.4) is 0 Å². The van der Waals surface area contributed by atoms with Crippen LogP contribution in [0.1, 0.15) is 10.4 Å². The largest absolute Gasteiger partial charge is 0.495 e. The minimum absolute atomic E-state index is 0.157. The van der Waals surface area contributed by atoms with Gasteiger partial charge in [-0.25, -0.2) is 10.8 Å². The van der Waals surface area contributed by atoms with Crippen LogP contribution in [0.5, 0.6) is 5.75 Å². The summed E-state index contributed by atoms with van der Waals surface area (Å²) in [4.78, 5) is 16.1. The number of nitrogens with zero attached hydrogens (tertiary/aromatic N) is 1. The van der Waals surface area contributed by atoms with Crippen LogP contribution in [0, 0.1) is 0 Å². The van der Waals surface area contributed by atoms with Crippen LogP contribution in [0.4, 0.5) is 11.5 Å². The second-order valence-electron chi connectivity index (χ2n) is 4.01. The molecular weight excluding hydrogens is 315 g/mol. The van der Waals surface area contributed by atoms with Crippen molar-refractivity contribution in [3.8, 4) is 5.75 Å². The molecule has 8 heteroatoms. The number of amides is 1. The zero-order valence-corrected chi connectivity index (χ0v) is 12.5. The lowest BCUT2D eigenvalue weighted by atomic mass is 10.2. The number of methoxy groups -OCH3 is 1. The summed E-state index contributed by atoms with van der Waals surface area (Å²) in [5.74, 6) is 5.66. The Morgan fingerprint density at radius 2 is 2.05 bits per heavy atom. The third kappa shape index (κ3) is 3.75. The highest BCUT2D eigenvalue weighted by Gasteiger charge is 2.11. The van der Waals surface area contributed by atoms with Gasteiger partial charge in [-0.05, 0) is 24.3 Å². The SMILES string of the molecule is COc1cc(NC(=O)c2cc(Cl)nc(NN)c2)ccc1Cl. The van der Waals surface area contributed by atoms with E-state index in [0.717, 1.165) is 0 Å². The van der Waals surface area contributed by atoms with Crippen molar-refractivity contribution in [1.82, 2.24) is 4.98 Å². The first-order valence-corrected chi connectivity index (χ1v) is 6.58. The molecule has 0 atom stereocenters. The molecule has 0 saturated carbocycles. The maximum atomic E-state index is 12.2.